The van der Waals surface area contributed by atoms with Gasteiger partial charge in [-0.3, -0.25) is 14.5 Å². The lowest BCUT2D eigenvalue weighted by molar-refractivity contribution is -0.142. The van der Waals surface area contributed by atoms with E-state index in [1.54, 1.807) is 0 Å². The zero-order chi connectivity index (χ0) is 10.9. The molecular weight excluding hydrogens is 194 g/mol. The third-order valence-corrected chi connectivity index (χ3v) is 3.14. The van der Waals surface area contributed by atoms with Crippen LogP contribution in [-0.4, -0.2) is 34.0 Å². The van der Waals surface area contributed by atoms with Crippen LogP contribution < -0.4 is 0 Å². The van der Waals surface area contributed by atoms with Crippen LogP contribution in [0.5, 0.6) is 0 Å². The first-order chi connectivity index (χ1) is 7.11. The van der Waals surface area contributed by atoms with Gasteiger partial charge in [-0.25, -0.2) is 0 Å². The first kappa shape index (κ1) is 10.4. The molecule has 1 heterocycles. The molecule has 0 aromatic carbocycles. The Balaban J connectivity index is 2.01. The van der Waals surface area contributed by atoms with Gasteiger partial charge in [-0.2, -0.15) is 0 Å². The van der Waals surface area contributed by atoms with Crippen molar-refractivity contribution in [2.75, 3.05) is 6.54 Å². The molecule has 1 fully saturated rings. The van der Waals surface area contributed by atoms with Gasteiger partial charge in [0.15, 0.2) is 0 Å². The van der Waals surface area contributed by atoms with Crippen molar-refractivity contribution in [2.45, 2.75) is 37.7 Å². The third-order valence-electron chi connectivity index (χ3n) is 3.14. The second kappa shape index (κ2) is 3.77. The van der Waals surface area contributed by atoms with E-state index < -0.39 is 5.60 Å². The molecule has 4 nitrogen and oxygen atoms in total. The van der Waals surface area contributed by atoms with Gasteiger partial charge in [-0.1, -0.05) is 19.3 Å². The molecule has 1 aliphatic carbocycles. The number of hydrogen-bond acceptors (Lipinski definition) is 3. The Morgan fingerprint density at radius 1 is 1.13 bits per heavy atom. The van der Waals surface area contributed by atoms with Crippen molar-refractivity contribution in [3.63, 3.8) is 0 Å². The summed E-state index contributed by atoms with van der Waals surface area (Å²) in [7, 11) is 0. The standard InChI is InChI=1S/C11H15NO3/c13-9-4-5-10(14)12(9)8-11(15)6-2-1-3-7-11/h4-5,15H,1-3,6-8H2. The van der Waals surface area contributed by atoms with Gasteiger partial charge in [-0.15, -0.1) is 0 Å². The van der Waals surface area contributed by atoms with Crippen molar-refractivity contribution < 1.29 is 14.7 Å². The van der Waals surface area contributed by atoms with Crippen LogP contribution in [0.15, 0.2) is 12.2 Å². The highest BCUT2D eigenvalue weighted by atomic mass is 16.3. The van der Waals surface area contributed by atoms with Crippen LogP contribution in [0.3, 0.4) is 0 Å². The molecule has 1 aliphatic heterocycles. The molecule has 2 rings (SSSR count). The Bertz CT molecular complexity index is 298. The molecule has 2 amide bonds. The van der Waals surface area contributed by atoms with E-state index in [-0.39, 0.29) is 18.4 Å². The van der Waals surface area contributed by atoms with Crippen LogP contribution in [0.25, 0.3) is 0 Å². The number of amides is 2. The maximum atomic E-state index is 11.3. The fourth-order valence-corrected chi connectivity index (χ4v) is 2.25. The van der Waals surface area contributed by atoms with E-state index in [1.807, 2.05) is 0 Å². The molecule has 2 aliphatic rings. The van der Waals surface area contributed by atoms with E-state index in [2.05, 4.69) is 0 Å². The van der Waals surface area contributed by atoms with Crippen molar-refractivity contribution in [1.29, 1.82) is 0 Å². The molecule has 82 valence electrons. The topological polar surface area (TPSA) is 57.6 Å². The molecule has 0 atom stereocenters. The molecule has 0 unspecified atom stereocenters. The number of aliphatic hydroxyl groups is 1. The van der Waals surface area contributed by atoms with Crippen molar-refractivity contribution in [3.05, 3.63) is 12.2 Å². The Kier molecular flexibility index (Phi) is 2.61. The molecule has 0 radical (unpaired) electrons. The van der Waals surface area contributed by atoms with Crippen LogP contribution in [0.4, 0.5) is 0 Å². The Labute approximate surface area is 88.6 Å². The second-order valence-electron chi connectivity index (χ2n) is 4.38. The molecular formula is C11H15NO3. The van der Waals surface area contributed by atoms with Gasteiger partial charge in [0.25, 0.3) is 11.8 Å². The molecule has 4 heteroatoms. The van der Waals surface area contributed by atoms with Gasteiger partial charge in [0.1, 0.15) is 0 Å². The van der Waals surface area contributed by atoms with E-state index in [1.165, 1.54) is 12.2 Å². The highest BCUT2D eigenvalue weighted by Gasteiger charge is 2.36. The van der Waals surface area contributed by atoms with Crippen molar-refractivity contribution in [2.24, 2.45) is 0 Å². The Morgan fingerprint density at radius 2 is 1.67 bits per heavy atom. The molecule has 15 heavy (non-hydrogen) atoms. The third kappa shape index (κ3) is 2.09. The van der Waals surface area contributed by atoms with Crippen LogP contribution in [0.1, 0.15) is 32.1 Å². The van der Waals surface area contributed by atoms with Crippen LogP contribution in [0.2, 0.25) is 0 Å². The monoisotopic (exact) mass is 209 g/mol. The summed E-state index contributed by atoms with van der Waals surface area (Å²) in [5.74, 6) is -0.613. The van der Waals surface area contributed by atoms with Gasteiger partial charge in [0, 0.05) is 12.2 Å². The number of carbonyl (C=O) groups is 2. The molecule has 0 bridgehead atoms. The van der Waals surface area contributed by atoms with Gasteiger partial charge in [-0.05, 0) is 12.8 Å². The molecule has 1 N–H and O–H groups in total. The van der Waals surface area contributed by atoms with Gasteiger partial charge in [0.2, 0.25) is 0 Å². The summed E-state index contributed by atoms with van der Waals surface area (Å²) >= 11 is 0. The fourth-order valence-electron chi connectivity index (χ4n) is 2.25. The summed E-state index contributed by atoms with van der Waals surface area (Å²) in [4.78, 5) is 23.7. The first-order valence-corrected chi connectivity index (χ1v) is 5.37. The minimum Gasteiger partial charge on any atom is -0.388 e. The molecule has 0 spiro atoms. The minimum absolute atomic E-state index is 0.150. The van der Waals surface area contributed by atoms with E-state index >= 15 is 0 Å². The van der Waals surface area contributed by atoms with Gasteiger partial charge < -0.3 is 5.11 Å². The van der Waals surface area contributed by atoms with Gasteiger partial charge >= 0.3 is 0 Å². The minimum atomic E-state index is -0.852. The van der Waals surface area contributed by atoms with Crippen LogP contribution in [-0.2, 0) is 9.59 Å². The zero-order valence-electron chi connectivity index (χ0n) is 8.61. The van der Waals surface area contributed by atoms with E-state index in [0.29, 0.717) is 12.8 Å². The average molecular weight is 209 g/mol. The van der Waals surface area contributed by atoms with Gasteiger partial charge in [0.05, 0.1) is 12.1 Å². The van der Waals surface area contributed by atoms with Crippen LogP contribution >= 0.6 is 0 Å². The average Bonchev–Trinajstić information content (AvgIpc) is 2.50. The first-order valence-electron chi connectivity index (χ1n) is 5.37. The number of nitrogens with zero attached hydrogens (tertiary/aromatic N) is 1. The maximum absolute atomic E-state index is 11.3. The lowest BCUT2D eigenvalue weighted by Gasteiger charge is -2.34. The lowest BCUT2D eigenvalue weighted by Crippen LogP contribution is -2.46. The maximum Gasteiger partial charge on any atom is 0.253 e. The van der Waals surface area contributed by atoms with Crippen LogP contribution in [0, 0.1) is 0 Å². The van der Waals surface area contributed by atoms with Crippen molar-refractivity contribution in [3.8, 4) is 0 Å². The Hall–Kier alpha value is -1.16. The van der Waals surface area contributed by atoms with Crippen molar-refractivity contribution >= 4 is 11.8 Å². The number of carbonyl (C=O) groups excluding carboxylic acids is 2. The summed E-state index contributed by atoms with van der Waals surface area (Å²) < 4.78 is 0. The summed E-state index contributed by atoms with van der Waals surface area (Å²) in [5.41, 5.74) is -0.852. The zero-order valence-corrected chi connectivity index (χ0v) is 8.61. The summed E-state index contributed by atoms with van der Waals surface area (Å²) in [5, 5.41) is 10.2. The molecule has 1 saturated carbocycles. The largest absolute Gasteiger partial charge is 0.388 e. The molecule has 0 aromatic rings. The smallest absolute Gasteiger partial charge is 0.253 e. The second-order valence-corrected chi connectivity index (χ2v) is 4.38. The lowest BCUT2D eigenvalue weighted by atomic mass is 9.84. The quantitative estimate of drug-likeness (QED) is 0.678. The SMILES string of the molecule is O=C1C=CC(=O)N1CC1(O)CCCCC1. The highest BCUT2D eigenvalue weighted by Crippen LogP contribution is 2.29. The summed E-state index contributed by atoms with van der Waals surface area (Å²) in [6.45, 7) is 0.150. The number of rotatable bonds is 2. The molecule has 0 saturated heterocycles. The number of β-amino-alcohol motifs (C(OH)–C–C–N with tert-alkyl or cyclic N) is 1. The predicted octanol–water partition coefficient (Wildman–Crippen LogP) is 0.607. The van der Waals surface area contributed by atoms with E-state index in [9.17, 15) is 14.7 Å². The number of hydrogen-bond donors (Lipinski definition) is 1. The van der Waals surface area contributed by atoms with Crippen molar-refractivity contribution in [1.82, 2.24) is 4.90 Å². The highest BCUT2D eigenvalue weighted by molar-refractivity contribution is 6.12. The Morgan fingerprint density at radius 3 is 2.20 bits per heavy atom. The molecule has 0 aromatic heterocycles. The number of imide groups is 1. The predicted molar refractivity (Wildman–Crippen MR) is 53.9 cm³/mol. The summed E-state index contributed by atoms with van der Waals surface area (Å²) in [6, 6.07) is 0. The van der Waals surface area contributed by atoms with E-state index in [4.69, 9.17) is 0 Å². The fraction of sp³-hybridized carbons (Fsp3) is 0.636. The normalized spacial score (nSPS) is 25.0. The summed E-state index contributed by atoms with van der Waals surface area (Å²) in [6.07, 6.45) is 6.96. The van der Waals surface area contributed by atoms with E-state index in [0.717, 1.165) is 24.2 Å².